The van der Waals surface area contributed by atoms with Gasteiger partial charge in [-0.05, 0) is 36.9 Å². The van der Waals surface area contributed by atoms with Gasteiger partial charge in [-0.2, -0.15) is 0 Å². The van der Waals surface area contributed by atoms with E-state index in [1.54, 1.807) is 18.2 Å². The third-order valence-electron chi connectivity index (χ3n) is 7.13. The topological polar surface area (TPSA) is 159 Å². The molecule has 210 valence electrons. The third-order valence-corrected chi connectivity index (χ3v) is 7.13. The lowest BCUT2D eigenvalue weighted by Crippen LogP contribution is -2.52. The number of fused-ring (bicyclic) bond motifs is 2. The minimum absolute atomic E-state index is 0.00689. The first kappa shape index (κ1) is 27.1. The van der Waals surface area contributed by atoms with Crippen LogP contribution in [0.1, 0.15) is 32.0 Å². The van der Waals surface area contributed by atoms with Gasteiger partial charge in [-0.1, -0.05) is 6.07 Å². The Morgan fingerprint density at radius 3 is 2.73 bits per heavy atom. The normalized spacial score (nSPS) is 18.3. The Morgan fingerprint density at radius 1 is 1.23 bits per heavy atom. The van der Waals surface area contributed by atoms with Crippen molar-refractivity contribution in [2.24, 2.45) is 5.73 Å². The number of hydrogen-bond donors (Lipinski definition) is 4. The minimum atomic E-state index is -1.77. The van der Waals surface area contributed by atoms with Crippen LogP contribution in [0.2, 0.25) is 0 Å². The second kappa shape index (κ2) is 10.6. The van der Waals surface area contributed by atoms with E-state index in [1.807, 2.05) is 11.9 Å². The Kier molecular flexibility index (Phi) is 7.17. The van der Waals surface area contributed by atoms with E-state index in [9.17, 15) is 23.6 Å². The molecule has 2 aromatic carbocycles. The number of ether oxygens (including phenoxy) is 1. The summed E-state index contributed by atoms with van der Waals surface area (Å²) in [4.78, 5) is 54.7. The summed E-state index contributed by atoms with van der Waals surface area (Å²) in [6.45, 7) is 1.91. The molecule has 1 atom stereocenters. The maximum absolute atomic E-state index is 14.9. The molecule has 13 heteroatoms. The number of furan rings is 1. The first-order valence-electron chi connectivity index (χ1n) is 12.7. The summed E-state index contributed by atoms with van der Waals surface area (Å²) in [6.07, 6.45) is 0. The molecular formula is C27H29FN6O6. The quantitative estimate of drug-likeness (QED) is 0.270. The predicted molar refractivity (Wildman–Crippen MR) is 141 cm³/mol. The lowest BCUT2D eigenvalue weighted by Gasteiger charge is -2.29. The standard InChI is InChI=1S/C27H29FN6O6/c1-33(7-5-29)8-6-30-23(35)19-9-16-10-22(40-21(16)12-20(19)28)27(25(37)31-26(38)32-27)14-34-13-15-3-4-17(39-2)11-18(15)24(34)36/h3-4,9-12H,5-8,13-14,29H2,1-2H3,(H,30,35)(H2,31,32,37,38)/t27-/m0/s1. The number of halogens is 1. The van der Waals surface area contributed by atoms with Crippen molar-refractivity contribution in [1.29, 1.82) is 0 Å². The van der Waals surface area contributed by atoms with Gasteiger partial charge in [0.2, 0.25) is 0 Å². The lowest BCUT2D eigenvalue weighted by atomic mass is 9.95. The molecule has 0 radical (unpaired) electrons. The summed E-state index contributed by atoms with van der Waals surface area (Å²) < 4.78 is 26.0. The summed E-state index contributed by atoms with van der Waals surface area (Å²) >= 11 is 0. The average Bonchev–Trinajstić information content (AvgIpc) is 3.56. The molecule has 5 N–H and O–H groups in total. The van der Waals surface area contributed by atoms with E-state index in [0.717, 1.165) is 11.6 Å². The van der Waals surface area contributed by atoms with Gasteiger partial charge < -0.3 is 35.3 Å². The van der Waals surface area contributed by atoms with Crippen LogP contribution < -0.4 is 26.4 Å². The second-order valence-corrected chi connectivity index (χ2v) is 9.83. The van der Waals surface area contributed by atoms with Crippen molar-refractivity contribution in [3.63, 3.8) is 0 Å². The Labute approximate surface area is 228 Å². The molecule has 0 spiro atoms. The van der Waals surface area contributed by atoms with Crippen LogP contribution in [0.3, 0.4) is 0 Å². The van der Waals surface area contributed by atoms with Crippen LogP contribution in [0.4, 0.5) is 9.18 Å². The van der Waals surface area contributed by atoms with Gasteiger partial charge >= 0.3 is 6.03 Å². The predicted octanol–water partition coefficient (Wildman–Crippen LogP) is 0.892. The van der Waals surface area contributed by atoms with Gasteiger partial charge in [-0.15, -0.1) is 0 Å². The zero-order valence-corrected chi connectivity index (χ0v) is 22.0. The molecule has 0 aliphatic carbocycles. The Hall–Kier alpha value is -4.49. The number of benzene rings is 2. The number of likely N-dealkylation sites (N-methyl/N-ethyl adjacent to an activating group) is 1. The molecule has 2 aliphatic heterocycles. The zero-order chi connectivity index (χ0) is 28.6. The fourth-order valence-electron chi connectivity index (χ4n) is 4.97. The van der Waals surface area contributed by atoms with Crippen molar-refractivity contribution in [1.82, 2.24) is 25.8 Å². The number of hydrogen-bond acceptors (Lipinski definition) is 8. The van der Waals surface area contributed by atoms with Gasteiger partial charge in [0.05, 0.1) is 19.2 Å². The largest absolute Gasteiger partial charge is 0.497 e. The number of nitrogens with zero attached hydrogens (tertiary/aromatic N) is 2. The van der Waals surface area contributed by atoms with E-state index < -0.39 is 29.2 Å². The molecule has 5 rings (SSSR count). The Morgan fingerprint density at radius 2 is 2.02 bits per heavy atom. The molecular weight excluding hydrogens is 523 g/mol. The maximum Gasteiger partial charge on any atom is 0.322 e. The fraction of sp³-hybridized carbons (Fsp3) is 0.333. The number of rotatable bonds is 10. The molecule has 5 amide bonds. The average molecular weight is 553 g/mol. The van der Waals surface area contributed by atoms with Gasteiger partial charge in [0, 0.05) is 49.7 Å². The maximum atomic E-state index is 14.9. The van der Waals surface area contributed by atoms with Gasteiger partial charge in [0.1, 0.15) is 22.9 Å². The highest BCUT2D eigenvalue weighted by Crippen LogP contribution is 2.35. The monoisotopic (exact) mass is 552 g/mol. The number of carbonyl (C=O) groups excluding carboxylic acids is 4. The molecule has 1 aromatic heterocycles. The van der Waals surface area contributed by atoms with Crippen LogP contribution in [-0.2, 0) is 16.9 Å². The fourth-order valence-corrected chi connectivity index (χ4v) is 4.97. The van der Waals surface area contributed by atoms with Gasteiger partial charge in [-0.25, -0.2) is 9.18 Å². The molecule has 12 nitrogen and oxygen atoms in total. The van der Waals surface area contributed by atoms with Crippen LogP contribution in [0, 0.1) is 5.82 Å². The number of amides is 5. The number of methoxy groups -OCH3 is 1. The Balaban J connectivity index is 1.42. The molecule has 1 fully saturated rings. The molecule has 0 saturated carbocycles. The SMILES string of the molecule is COc1ccc2c(c1)C(=O)N(C[C@@]1(c3cc4cc(C(=O)NCCN(C)CCN)c(F)cc4o3)NC(=O)NC1=O)C2. The summed E-state index contributed by atoms with van der Waals surface area (Å²) in [7, 11) is 3.35. The molecule has 2 aliphatic rings. The van der Waals surface area contributed by atoms with Gasteiger partial charge in [0.15, 0.2) is 5.54 Å². The second-order valence-electron chi connectivity index (χ2n) is 9.83. The Bertz CT molecular complexity index is 1520. The number of carbonyl (C=O) groups is 4. The van der Waals surface area contributed by atoms with E-state index >= 15 is 0 Å². The summed E-state index contributed by atoms with van der Waals surface area (Å²) in [5.74, 6) is -1.99. The highest BCUT2D eigenvalue weighted by atomic mass is 19.1. The minimum Gasteiger partial charge on any atom is -0.497 e. The first-order valence-corrected chi connectivity index (χ1v) is 12.7. The van der Waals surface area contributed by atoms with Crippen molar-refractivity contribution in [2.45, 2.75) is 12.1 Å². The van der Waals surface area contributed by atoms with Crippen molar-refractivity contribution in [3.8, 4) is 5.75 Å². The van der Waals surface area contributed by atoms with Crippen LogP contribution in [0.25, 0.3) is 11.0 Å². The van der Waals surface area contributed by atoms with E-state index in [0.29, 0.717) is 36.3 Å². The van der Waals surface area contributed by atoms with Crippen molar-refractivity contribution >= 4 is 34.7 Å². The summed E-state index contributed by atoms with van der Waals surface area (Å²) in [5, 5.41) is 7.82. The van der Waals surface area contributed by atoms with Crippen LogP contribution in [0.15, 0.2) is 40.8 Å². The lowest BCUT2D eigenvalue weighted by molar-refractivity contribution is -0.125. The van der Waals surface area contributed by atoms with E-state index in [4.69, 9.17) is 14.9 Å². The van der Waals surface area contributed by atoms with Gasteiger partial charge in [0.25, 0.3) is 17.7 Å². The molecule has 3 aromatic rings. The number of urea groups is 1. The number of nitrogens with two attached hydrogens (primary N) is 1. The van der Waals surface area contributed by atoms with Crippen LogP contribution in [-0.4, -0.2) is 80.4 Å². The number of imide groups is 1. The number of nitrogens with one attached hydrogen (secondary N) is 3. The molecule has 0 unspecified atom stereocenters. The summed E-state index contributed by atoms with van der Waals surface area (Å²) in [6, 6.07) is 8.19. The van der Waals surface area contributed by atoms with Crippen LogP contribution in [0.5, 0.6) is 5.75 Å². The molecule has 40 heavy (non-hydrogen) atoms. The highest BCUT2D eigenvalue weighted by Gasteiger charge is 2.53. The van der Waals surface area contributed by atoms with E-state index in [2.05, 4.69) is 16.0 Å². The highest BCUT2D eigenvalue weighted by molar-refractivity contribution is 6.08. The molecule has 0 bridgehead atoms. The molecule has 1 saturated heterocycles. The molecule has 3 heterocycles. The third kappa shape index (κ3) is 4.84. The first-order chi connectivity index (χ1) is 19.1. The van der Waals surface area contributed by atoms with Crippen molar-refractivity contribution in [3.05, 3.63) is 64.7 Å². The summed E-state index contributed by atoms with van der Waals surface area (Å²) in [5.41, 5.74) is 4.78. The zero-order valence-electron chi connectivity index (χ0n) is 22.0. The van der Waals surface area contributed by atoms with Crippen LogP contribution >= 0.6 is 0 Å². The van der Waals surface area contributed by atoms with E-state index in [1.165, 1.54) is 24.1 Å². The van der Waals surface area contributed by atoms with Crippen molar-refractivity contribution in [2.75, 3.05) is 46.9 Å². The van der Waals surface area contributed by atoms with Gasteiger partial charge in [-0.3, -0.25) is 19.7 Å². The van der Waals surface area contributed by atoms with E-state index in [-0.39, 0.29) is 42.4 Å². The van der Waals surface area contributed by atoms with Crippen molar-refractivity contribution < 1.29 is 32.7 Å². The smallest absolute Gasteiger partial charge is 0.322 e.